The third kappa shape index (κ3) is 4.22. The number of carbonyl (C=O) groups excluding carboxylic acids is 2. The minimum absolute atomic E-state index is 0.249. The number of nitro groups is 2. The van der Waals surface area contributed by atoms with Crippen LogP contribution in [-0.4, -0.2) is 45.2 Å². The lowest BCUT2D eigenvalue weighted by Crippen LogP contribution is -2.61. The molecule has 2 N–H and O–H groups in total. The van der Waals surface area contributed by atoms with E-state index in [2.05, 4.69) is 10.6 Å². The Morgan fingerprint density at radius 2 is 1.71 bits per heavy atom. The van der Waals surface area contributed by atoms with Crippen molar-refractivity contribution in [2.75, 3.05) is 11.9 Å². The van der Waals surface area contributed by atoms with Gasteiger partial charge >= 0.3 is 11.4 Å². The van der Waals surface area contributed by atoms with E-state index >= 15 is 0 Å². The summed E-state index contributed by atoms with van der Waals surface area (Å²) >= 11 is 0. The smallest absolute Gasteiger partial charge is 0.300 e. The van der Waals surface area contributed by atoms with Gasteiger partial charge in [0, 0.05) is 17.8 Å². The van der Waals surface area contributed by atoms with E-state index < -0.39 is 45.1 Å². The Kier molecular flexibility index (Phi) is 5.84. The van der Waals surface area contributed by atoms with Gasteiger partial charge in [-0.3, -0.25) is 29.8 Å². The summed E-state index contributed by atoms with van der Waals surface area (Å²) in [5, 5.41) is 29.4. The van der Waals surface area contributed by atoms with E-state index in [0.717, 1.165) is 23.3 Å². The molecule has 34 heavy (non-hydrogen) atoms. The predicted octanol–water partition coefficient (Wildman–Crippen LogP) is 3.30. The number of nitrogens with zero attached hydrogens (tertiary/aromatic N) is 3. The highest BCUT2D eigenvalue weighted by Crippen LogP contribution is 2.39. The zero-order chi connectivity index (χ0) is 24.6. The number of aryl methyl sites for hydroxylation is 2. The maximum atomic E-state index is 13.3. The second-order valence-electron chi connectivity index (χ2n) is 8.13. The predicted molar refractivity (Wildman–Crippen MR) is 124 cm³/mol. The Balaban J connectivity index is 1.79. The minimum Gasteiger partial charge on any atom is -0.346 e. The number of nitro benzene ring substituents is 2. The van der Waals surface area contributed by atoms with Crippen molar-refractivity contribution < 1.29 is 19.4 Å². The number of hydrogen-bond donors (Lipinski definition) is 2. The van der Waals surface area contributed by atoms with Crippen LogP contribution in [0, 0.1) is 34.1 Å². The van der Waals surface area contributed by atoms with E-state index in [-0.39, 0.29) is 17.8 Å². The van der Waals surface area contributed by atoms with Gasteiger partial charge in [0.15, 0.2) is 5.69 Å². The molecule has 2 amide bonds. The van der Waals surface area contributed by atoms with E-state index in [4.69, 9.17) is 0 Å². The Bertz CT molecular complexity index is 1250. The molecule has 1 aliphatic carbocycles. The van der Waals surface area contributed by atoms with Crippen molar-refractivity contribution in [3.8, 4) is 0 Å². The van der Waals surface area contributed by atoms with Gasteiger partial charge in [0.25, 0.3) is 5.91 Å². The Morgan fingerprint density at radius 3 is 2.35 bits per heavy atom. The van der Waals surface area contributed by atoms with Crippen molar-refractivity contribution in [2.24, 2.45) is 0 Å². The van der Waals surface area contributed by atoms with Crippen LogP contribution in [0.15, 0.2) is 54.6 Å². The normalized spacial score (nSPS) is 18.8. The van der Waals surface area contributed by atoms with Crippen molar-refractivity contribution in [2.45, 2.75) is 25.9 Å². The fraction of sp³-hybridized carbons (Fsp3) is 0.217. The van der Waals surface area contributed by atoms with Crippen molar-refractivity contribution >= 4 is 34.6 Å². The second-order valence-corrected chi connectivity index (χ2v) is 8.13. The number of fused-ring (bicyclic) bond motifs is 1. The molecule has 2 aromatic rings. The maximum Gasteiger partial charge on any atom is 0.300 e. The van der Waals surface area contributed by atoms with E-state index in [0.29, 0.717) is 5.69 Å². The summed E-state index contributed by atoms with van der Waals surface area (Å²) in [7, 11) is 0. The number of nitrogens with one attached hydrogen (secondary N) is 2. The number of hydrogen-bond acceptors (Lipinski definition) is 7. The van der Waals surface area contributed by atoms with Crippen molar-refractivity contribution in [1.29, 1.82) is 0 Å². The molecule has 174 valence electrons. The molecule has 2 aliphatic rings. The fourth-order valence-electron chi connectivity index (χ4n) is 4.05. The number of amides is 2. The number of allylic oxidation sites excluding steroid dienone is 2. The quantitative estimate of drug-likeness (QED) is 0.510. The van der Waals surface area contributed by atoms with Crippen molar-refractivity contribution in [3.63, 3.8) is 0 Å². The largest absolute Gasteiger partial charge is 0.346 e. The van der Waals surface area contributed by atoms with E-state index in [1.807, 2.05) is 13.0 Å². The highest BCUT2D eigenvalue weighted by molar-refractivity contribution is 6.00. The maximum absolute atomic E-state index is 13.3. The summed E-state index contributed by atoms with van der Waals surface area (Å²) in [6.45, 7) is 3.32. The van der Waals surface area contributed by atoms with Crippen LogP contribution in [0.3, 0.4) is 0 Å². The number of anilines is 2. The molecule has 1 aliphatic heterocycles. The second kappa shape index (κ2) is 8.77. The van der Waals surface area contributed by atoms with Crippen LogP contribution in [0.25, 0.3) is 0 Å². The molecule has 0 spiro atoms. The molecular weight excluding hydrogens is 442 g/mol. The summed E-state index contributed by atoms with van der Waals surface area (Å²) < 4.78 is 0. The third-order valence-electron chi connectivity index (χ3n) is 5.76. The van der Waals surface area contributed by atoms with Gasteiger partial charge < -0.3 is 15.5 Å². The summed E-state index contributed by atoms with van der Waals surface area (Å²) in [6.07, 6.45) is 6.91. The van der Waals surface area contributed by atoms with E-state index in [1.165, 1.54) is 4.90 Å². The molecule has 1 fully saturated rings. The van der Waals surface area contributed by atoms with Gasteiger partial charge in [0.05, 0.1) is 27.5 Å². The Hall–Kier alpha value is -4.54. The minimum atomic E-state index is -0.772. The fourth-order valence-corrected chi connectivity index (χ4v) is 4.05. The average Bonchev–Trinajstić information content (AvgIpc) is 2.80. The standard InChI is InChI=1S/C23H21N5O6/c1-13-7-8-14(2)17(9-13)25-22-19(27(31)32)10-15(11-20(22)28(33)34)23(30)26-12-21(29)24-16-5-3-4-6-18(16)26/h3-11,16,18,25H,12H2,1-2H3,(H,24,29)/t16-,18-/m0/s1. The molecule has 0 bridgehead atoms. The number of carbonyl (C=O) groups is 2. The van der Waals surface area contributed by atoms with Crippen LogP contribution in [-0.2, 0) is 4.79 Å². The zero-order valence-corrected chi connectivity index (χ0v) is 18.3. The van der Waals surface area contributed by atoms with Crippen LogP contribution in [0.2, 0.25) is 0 Å². The third-order valence-corrected chi connectivity index (χ3v) is 5.76. The molecule has 11 nitrogen and oxygen atoms in total. The molecule has 0 radical (unpaired) electrons. The van der Waals surface area contributed by atoms with Crippen LogP contribution < -0.4 is 10.6 Å². The van der Waals surface area contributed by atoms with Gasteiger partial charge in [-0.05, 0) is 31.0 Å². The lowest BCUT2D eigenvalue weighted by molar-refractivity contribution is -0.392. The zero-order valence-electron chi connectivity index (χ0n) is 18.3. The summed E-state index contributed by atoms with van der Waals surface area (Å²) in [6, 6.07) is 6.40. The molecule has 0 saturated carbocycles. The molecule has 4 rings (SSSR count). The molecule has 2 atom stereocenters. The first-order valence-electron chi connectivity index (χ1n) is 10.4. The SMILES string of the molecule is Cc1ccc(C)c(Nc2c([N+](=O)[O-])cc(C(=O)N3CC(=O)N[C@H]4C=CC=C[C@@H]43)cc2[N+](=O)[O-])c1. The monoisotopic (exact) mass is 463 g/mol. The molecule has 1 saturated heterocycles. The summed E-state index contributed by atoms with van der Waals surface area (Å²) in [5.74, 6) is -1.11. The number of benzene rings is 2. The number of rotatable bonds is 5. The summed E-state index contributed by atoms with van der Waals surface area (Å²) in [4.78, 5) is 49.0. The lowest BCUT2D eigenvalue weighted by Gasteiger charge is -2.39. The average molecular weight is 463 g/mol. The summed E-state index contributed by atoms with van der Waals surface area (Å²) in [5.41, 5.74) is 0.261. The van der Waals surface area contributed by atoms with Crippen LogP contribution >= 0.6 is 0 Å². The first-order valence-corrected chi connectivity index (χ1v) is 10.4. The molecule has 0 unspecified atom stereocenters. The first kappa shape index (κ1) is 22.6. The van der Waals surface area contributed by atoms with Crippen LogP contribution in [0.1, 0.15) is 21.5 Å². The molecule has 2 aromatic carbocycles. The van der Waals surface area contributed by atoms with Crippen LogP contribution in [0.5, 0.6) is 0 Å². The Morgan fingerprint density at radius 1 is 1.06 bits per heavy atom. The van der Waals surface area contributed by atoms with E-state index in [1.54, 1.807) is 43.4 Å². The van der Waals surface area contributed by atoms with Crippen molar-refractivity contribution in [3.05, 3.63) is 91.6 Å². The highest BCUT2D eigenvalue weighted by Gasteiger charge is 2.38. The van der Waals surface area contributed by atoms with Crippen LogP contribution in [0.4, 0.5) is 22.7 Å². The van der Waals surface area contributed by atoms with E-state index in [9.17, 15) is 29.8 Å². The molecule has 11 heteroatoms. The Labute approximate surface area is 194 Å². The van der Waals surface area contributed by atoms with Gasteiger partial charge in [-0.1, -0.05) is 36.4 Å². The van der Waals surface area contributed by atoms with Gasteiger partial charge in [-0.2, -0.15) is 0 Å². The van der Waals surface area contributed by atoms with Gasteiger partial charge in [0.1, 0.15) is 6.54 Å². The number of piperazine rings is 1. The van der Waals surface area contributed by atoms with Gasteiger partial charge in [-0.25, -0.2) is 0 Å². The molecular formula is C23H21N5O6. The van der Waals surface area contributed by atoms with Gasteiger partial charge in [0.2, 0.25) is 5.91 Å². The van der Waals surface area contributed by atoms with Gasteiger partial charge in [-0.15, -0.1) is 0 Å². The topological polar surface area (TPSA) is 148 Å². The lowest BCUT2D eigenvalue weighted by atomic mass is 9.97. The van der Waals surface area contributed by atoms with Crippen molar-refractivity contribution in [1.82, 2.24) is 10.2 Å². The molecule has 0 aromatic heterocycles. The molecule has 1 heterocycles. The highest BCUT2D eigenvalue weighted by atomic mass is 16.6. The first-order chi connectivity index (χ1) is 16.2.